The van der Waals surface area contributed by atoms with E-state index in [2.05, 4.69) is 454 Å². The zero-order valence-electron chi connectivity index (χ0n) is 60.3. The minimum Gasteiger partial charge on any atom is -0.311 e. The fourth-order valence-electron chi connectivity index (χ4n) is 18.5. The number of anilines is 6. The molecule has 3 nitrogen and oxygen atoms in total. The van der Waals surface area contributed by atoms with Crippen LogP contribution in [0.3, 0.4) is 0 Å². The van der Waals surface area contributed by atoms with Gasteiger partial charge in [-0.1, -0.05) is 379 Å². The predicted molar refractivity (Wildman–Crippen MR) is 464 cm³/mol. The Labute approximate surface area is 631 Å². The van der Waals surface area contributed by atoms with Crippen molar-refractivity contribution in [2.24, 2.45) is 0 Å². The molecule has 2 aliphatic heterocycles. The van der Waals surface area contributed by atoms with Gasteiger partial charge in [0, 0.05) is 44.9 Å². The maximum Gasteiger partial charge on any atom is 0.252 e. The van der Waals surface area contributed by atoms with E-state index in [-0.39, 0.29) is 12.1 Å². The number of hydrogen-bond donors (Lipinski definition) is 0. The van der Waals surface area contributed by atoms with Crippen molar-refractivity contribution in [2.75, 3.05) is 9.80 Å². The summed E-state index contributed by atoms with van der Waals surface area (Å²) in [5, 5.41) is 18.4. The molecule has 0 saturated carbocycles. The highest BCUT2D eigenvalue weighted by Crippen LogP contribution is 2.47. The molecule has 0 unspecified atom stereocenters. The van der Waals surface area contributed by atoms with Crippen molar-refractivity contribution in [2.45, 2.75) is 26.2 Å². The van der Waals surface area contributed by atoms with Crippen molar-refractivity contribution < 1.29 is 0 Å². The fraction of sp³-hybridized carbons (Fsp3) is 0.0400. The van der Waals surface area contributed by atoms with Gasteiger partial charge >= 0.3 is 0 Å². The zero-order chi connectivity index (χ0) is 71.7. The Kier molecular flexibility index (Phi) is 16.3. The Morgan fingerprint density at radius 1 is 0.224 bits per heavy atom. The molecule has 0 aliphatic carbocycles. The Balaban J connectivity index is 0.950. The van der Waals surface area contributed by atoms with E-state index < -0.39 is 24.2 Å². The second kappa shape index (κ2) is 26.7. The van der Waals surface area contributed by atoms with Crippen molar-refractivity contribution in [3.05, 3.63) is 424 Å². The number of aromatic nitrogens is 1. The van der Waals surface area contributed by atoms with Crippen LogP contribution in [0.4, 0.5) is 34.1 Å². The van der Waals surface area contributed by atoms with E-state index in [0.717, 1.165) is 45.2 Å². The summed E-state index contributed by atoms with van der Waals surface area (Å²) in [5.41, 5.74) is 15.1. The molecule has 17 aromatic rings. The van der Waals surface area contributed by atoms with Gasteiger partial charge in [0.1, 0.15) is 0 Å². The third-order valence-electron chi connectivity index (χ3n) is 23.1. The van der Waals surface area contributed by atoms with Crippen molar-refractivity contribution in [1.29, 1.82) is 0 Å². The van der Waals surface area contributed by atoms with Gasteiger partial charge in [0.05, 0.1) is 16.7 Å². The average Bonchev–Trinajstić information content (AvgIpc) is 1.15. The van der Waals surface area contributed by atoms with Gasteiger partial charge in [-0.2, -0.15) is 0 Å². The van der Waals surface area contributed by atoms with Gasteiger partial charge < -0.3 is 14.4 Å². The number of hydrogen-bond acceptors (Lipinski definition) is 2. The summed E-state index contributed by atoms with van der Waals surface area (Å²) in [6.45, 7) is 6.87. The van der Waals surface area contributed by atoms with Crippen molar-refractivity contribution in [3.8, 4) is 5.69 Å². The molecule has 19 rings (SSSR count). The maximum absolute atomic E-state index is 3.14. The van der Waals surface area contributed by atoms with Gasteiger partial charge in [-0.05, 0) is 150 Å². The monoisotopic (exact) mass is 1420 g/mol. The molecule has 0 N–H and O–H groups in total. The first-order valence-electron chi connectivity index (χ1n) is 37.5. The fourth-order valence-corrected chi connectivity index (χ4v) is 32.8. The summed E-state index contributed by atoms with van der Waals surface area (Å²) in [6.07, 6.45) is 0. The SMILES string of the molecule is CC(C)(C)c1ccc2c(c1)N(c1ccc([Si](c3ccccc3)(c3ccccc3)c3ccccc3)cc1)c1cc(-n3c4ccccc4c4ccccc43)cc3c1B2c1cc([Si](c2ccccc2)(c2ccccc2)c2ccccc2)ccc1N3c1cccc([Si](c2ccccc2)(c2ccccc2)c2ccccc2)c1. The Morgan fingerprint density at radius 2 is 0.551 bits per heavy atom. The van der Waals surface area contributed by atoms with Crippen LogP contribution in [-0.2, 0) is 5.41 Å². The molecule has 16 aromatic carbocycles. The number of fused-ring (bicyclic) bond motifs is 7. The van der Waals surface area contributed by atoms with E-state index in [0.29, 0.717) is 0 Å². The van der Waals surface area contributed by atoms with E-state index in [1.54, 1.807) is 0 Å². The molecule has 0 spiro atoms. The quantitative estimate of drug-likeness (QED) is 0.0749. The van der Waals surface area contributed by atoms with E-state index in [4.69, 9.17) is 0 Å². The second-order valence-electron chi connectivity index (χ2n) is 29.8. The molecule has 0 amide bonds. The number of benzene rings is 16. The molecule has 0 saturated heterocycles. The van der Waals surface area contributed by atoms with Crippen LogP contribution < -0.4 is 88.4 Å². The molecule has 107 heavy (non-hydrogen) atoms. The standard InChI is InChI=1S/C100H78BN3Si3/c1-100(2,3)73-60-66-91-96(68-73)102(74-61-63-86(64-62-74)105(77-37-13-4-14-38-77,78-39-15-5-16-40-78)79-41-17-6-18-42-79)97-70-76(104-93-58-33-31-56-89(93)90-57-32-34-59-94(90)104)71-98-99(97)101(91)92-72-88(107(83-49-25-10-26-50-83,84-51-27-11-28-52-84)85-53-29-12-30-54-85)65-67-95(92)103(98)75-36-35-55-87(69-75)106(80-43-19-7-20-44-80,81-45-21-8-22-46-81)82-47-23-9-24-48-82/h4-72H,1-3H3. The second-order valence-corrected chi connectivity index (χ2v) is 41.2. The zero-order valence-corrected chi connectivity index (χ0v) is 63.3. The molecule has 0 bridgehead atoms. The predicted octanol–water partition coefficient (Wildman–Crippen LogP) is 14.3. The Morgan fingerprint density at radius 3 is 0.944 bits per heavy atom. The summed E-state index contributed by atoms with van der Waals surface area (Å²) in [5.74, 6) is 0. The molecule has 0 radical (unpaired) electrons. The molecular weight excluding hydrogens is 1340 g/mol. The first-order valence-corrected chi connectivity index (χ1v) is 43.5. The van der Waals surface area contributed by atoms with Crippen LogP contribution in [0, 0.1) is 0 Å². The highest BCUT2D eigenvalue weighted by atomic mass is 28.3. The van der Waals surface area contributed by atoms with Crippen molar-refractivity contribution in [1.82, 2.24) is 4.57 Å². The van der Waals surface area contributed by atoms with E-state index in [9.17, 15) is 0 Å². The largest absolute Gasteiger partial charge is 0.311 e. The molecule has 2 aliphatic rings. The lowest BCUT2D eigenvalue weighted by Crippen LogP contribution is -2.75. The number of nitrogens with zero attached hydrogens (tertiary/aromatic N) is 3. The van der Waals surface area contributed by atoms with Gasteiger partial charge in [0.25, 0.3) is 6.71 Å². The maximum atomic E-state index is 2.69. The van der Waals surface area contributed by atoms with Crippen LogP contribution in [0.5, 0.6) is 0 Å². The van der Waals surface area contributed by atoms with E-state index >= 15 is 0 Å². The normalized spacial score (nSPS) is 12.8. The van der Waals surface area contributed by atoms with Crippen molar-refractivity contribution >= 4 is 165 Å². The smallest absolute Gasteiger partial charge is 0.252 e. The van der Waals surface area contributed by atoms with Gasteiger partial charge in [-0.15, -0.1) is 0 Å². The van der Waals surface area contributed by atoms with Gasteiger partial charge in [-0.25, -0.2) is 0 Å². The molecule has 508 valence electrons. The summed E-state index contributed by atoms with van der Waals surface area (Å²) >= 11 is 0. The van der Waals surface area contributed by atoms with Crippen LogP contribution in [0.25, 0.3) is 27.5 Å². The van der Waals surface area contributed by atoms with E-state index in [1.807, 2.05) is 0 Å². The van der Waals surface area contributed by atoms with Crippen molar-refractivity contribution in [3.63, 3.8) is 0 Å². The van der Waals surface area contributed by atoms with Crippen LogP contribution in [0.15, 0.2) is 419 Å². The molecule has 3 heterocycles. The van der Waals surface area contributed by atoms with Gasteiger partial charge in [-0.3, -0.25) is 0 Å². The summed E-state index contributed by atoms with van der Waals surface area (Å²) in [6, 6.07) is 161. The lowest BCUT2D eigenvalue weighted by Gasteiger charge is -2.46. The summed E-state index contributed by atoms with van der Waals surface area (Å²) in [7, 11) is -9.19. The lowest BCUT2D eigenvalue weighted by atomic mass is 9.33. The average molecular weight is 1420 g/mol. The van der Waals surface area contributed by atoms with E-state index in [1.165, 1.54) is 101 Å². The molecular formula is C100H78BN3Si3. The molecule has 0 atom stereocenters. The number of rotatable bonds is 15. The van der Waals surface area contributed by atoms with Crippen LogP contribution >= 0.6 is 0 Å². The minimum absolute atomic E-state index is 0.184. The van der Waals surface area contributed by atoms with Gasteiger partial charge in [0.2, 0.25) is 0 Å². The van der Waals surface area contributed by atoms with Crippen LogP contribution in [-0.4, -0.2) is 35.5 Å². The first-order chi connectivity index (χ1) is 52.7. The van der Waals surface area contributed by atoms with Crippen LogP contribution in [0.1, 0.15) is 26.3 Å². The third-order valence-corrected chi connectivity index (χ3v) is 37.5. The lowest BCUT2D eigenvalue weighted by molar-refractivity contribution is 0.590. The highest BCUT2D eigenvalue weighted by Gasteiger charge is 2.49. The first kappa shape index (κ1) is 65.4. The third kappa shape index (κ3) is 10.5. The number of para-hydroxylation sites is 2. The highest BCUT2D eigenvalue weighted by molar-refractivity contribution is 7.21. The molecule has 1 aromatic heterocycles. The Hall–Kier alpha value is -12.4. The van der Waals surface area contributed by atoms with Gasteiger partial charge in [0.15, 0.2) is 24.2 Å². The van der Waals surface area contributed by atoms with Crippen LogP contribution in [0.2, 0.25) is 0 Å². The summed E-state index contributed by atoms with van der Waals surface area (Å²) in [4.78, 5) is 5.35. The molecule has 0 fully saturated rings. The summed E-state index contributed by atoms with van der Waals surface area (Å²) < 4.78 is 2.54. The Bertz CT molecular complexity index is 5760. The topological polar surface area (TPSA) is 11.4 Å². The molecule has 7 heteroatoms. The minimum atomic E-state index is -3.14.